The summed E-state index contributed by atoms with van der Waals surface area (Å²) in [5.41, 5.74) is 2.59. The molecule has 2 aromatic rings. The maximum atomic E-state index is 13.2. The van der Waals surface area contributed by atoms with Crippen LogP contribution in [0.5, 0.6) is 5.75 Å². The number of carbonyl (C=O) groups is 2. The summed E-state index contributed by atoms with van der Waals surface area (Å²) in [7, 11) is 3.90. The van der Waals surface area contributed by atoms with Gasteiger partial charge >= 0.3 is 0 Å². The van der Waals surface area contributed by atoms with Crippen LogP contribution in [0.3, 0.4) is 0 Å². The van der Waals surface area contributed by atoms with Gasteiger partial charge in [-0.05, 0) is 36.7 Å². The molecule has 0 saturated carbocycles. The summed E-state index contributed by atoms with van der Waals surface area (Å²) in [4.78, 5) is 31.1. The van der Waals surface area contributed by atoms with Gasteiger partial charge in [0.2, 0.25) is 0 Å². The second-order valence-electron chi connectivity index (χ2n) is 8.35. The zero-order valence-electron chi connectivity index (χ0n) is 16.7. The van der Waals surface area contributed by atoms with E-state index in [1.165, 1.54) is 5.56 Å². The molecule has 0 spiro atoms. The van der Waals surface area contributed by atoms with E-state index in [0.717, 1.165) is 19.6 Å². The number of fused-ring (bicyclic) bond motifs is 2. The fourth-order valence-electron chi connectivity index (χ4n) is 5.16. The molecule has 29 heavy (non-hydrogen) atoms. The molecule has 6 heteroatoms. The Bertz CT molecular complexity index is 961. The van der Waals surface area contributed by atoms with Gasteiger partial charge in [0.1, 0.15) is 5.75 Å². The van der Waals surface area contributed by atoms with E-state index in [2.05, 4.69) is 36.2 Å². The molecule has 5 rings (SSSR count). The molecule has 3 aliphatic heterocycles. The number of amides is 2. The van der Waals surface area contributed by atoms with Gasteiger partial charge in [0, 0.05) is 44.2 Å². The average Bonchev–Trinajstić information content (AvgIpc) is 3.27. The molecular weight excluding hydrogens is 366 g/mol. The Morgan fingerprint density at radius 2 is 1.83 bits per heavy atom. The van der Waals surface area contributed by atoms with Crippen LogP contribution in [0.15, 0.2) is 48.5 Å². The maximum absolute atomic E-state index is 13.2. The van der Waals surface area contributed by atoms with Crippen molar-refractivity contribution in [3.05, 3.63) is 59.7 Å². The molecule has 2 fully saturated rings. The Hall–Kier alpha value is -2.86. The molecule has 0 bridgehead atoms. The van der Waals surface area contributed by atoms with Crippen molar-refractivity contribution in [3.8, 4) is 5.75 Å². The number of hydrogen-bond acceptors (Lipinski definition) is 4. The molecule has 0 radical (unpaired) electrons. The van der Waals surface area contributed by atoms with Crippen LogP contribution in [0.4, 0.5) is 5.69 Å². The topological polar surface area (TPSA) is 53.1 Å². The fourth-order valence-corrected chi connectivity index (χ4v) is 5.16. The highest BCUT2D eigenvalue weighted by Crippen LogP contribution is 2.44. The Balaban J connectivity index is 1.37. The molecule has 0 N–H and O–H groups in total. The van der Waals surface area contributed by atoms with Gasteiger partial charge in [-0.2, -0.15) is 0 Å². The number of ether oxygens (including phenoxy) is 1. The molecule has 150 valence electrons. The highest BCUT2D eigenvalue weighted by atomic mass is 16.5. The van der Waals surface area contributed by atoms with Crippen molar-refractivity contribution in [3.63, 3.8) is 0 Å². The maximum Gasteiger partial charge on any atom is 0.264 e. The molecule has 3 heterocycles. The van der Waals surface area contributed by atoms with E-state index in [0.29, 0.717) is 34.9 Å². The van der Waals surface area contributed by atoms with Gasteiger partial charge in [0.05, 0.1) is 5.69 Å². The lowest BCUT2D eigenvalue weighted by Gasteiger charge is -2.28. The second-order valence-corrected chi connectivity index (χ2v) is 8.35. The lowest BCUT2D eigenvalue weighted by molar-refractivity contribution is -0.120. The third-order valence-corrected chi connectivity index (χ3v) is 6.62. The first kappa shape index (κ1) is 18.2. The monoisotopic (exact) mass is 391 g/mol. The number of anilines is 1. The number of nitrogens with zero attached hydrogens (tertiary/aromatic N) is 3. The number of benzene rings is 2. The summed E-state index contributed by atoms with van der Waals surface area (Å²) in [5.74, 6) is 1.50. The smallest absolute Gasteiger partial charge is 0.264 e. The van der Waals surface area contributed by atoms with Gasteiger partial charge < -0.3 is 14.5 Å². The molecule has 2 amide bonds. The molecule has 2 saturated heterocycles. The van der Waals surface area contributed by atoms with Crippen LogP contribution >= 0.6 is 0 Å². The van der Waals surface area contributed by atoms with E-state index < -0.39 is 0 Å². The first-order valence-corrected chi connectivity index (χ1v) is 10.1. The molecule has 6 nitrogen and oxygen atoms in total. The minimum atomic E-state index is -0.105. The van der Waals surface area contributed by atoms with E-state index in [1.54, 1.807) is 30.1 Å². The lowest BCUT2D eigenvalue weighted by atomic mass is 9.90. The highest BCUT2D eigenvalue weighted by molar-refractivity contribution is 6.01. The fraction of sp³-hybridized carbons (Fsp3) is 0.391. The van der Waals surface area contributed by atoms with Crippen molar-refractivity contribution in [1.82, 2.24) is 9.80 Å². The van der Waals surface area contributed by atoms with E-state index >= 15 is 0 Å². The summed E-state index contributed by atoms with van der Waals surface area (Å²) < 4.78 is 5.48. The van der Waals surface area contributed by atoms with Gasteiger partial charge in [-0.25, -0.2) is 0 Å². The number of likely N-dealkylation sites (tertiary alicyclic amines) is 2. The van der Waals surface area contributed by atoms with Crippen molar-refractivity contribution >= 4 is 17.5 Å². The summed E-state index contributed by atoms with van der Waals surface area (Å²) in [6, 6.07) is 16.3. The van der Waals surface area contributed by atoms with Gasteiger partial charge in [-0.1, -0.05) is 30.3 Å². The van der Waals surface area contributed by atoms with E-state index in [1.807, 2.05) is 11.0 Å². The third kappa shape index (κ3) is 2.99. The largest absolute Gasteiger partial charge is 0.482 e. The van der Waals surface area contributed by atoms with E-state index in [-0.39, 0.29) is 18.4 Å². The van der Waals surface area contributed by atoms with Crippen LogP contribution in [0, 0.1) is 11.8 Å². The van der Waals surface area contributed by atoms with Crippen molar-refractivity contribution in [1.29, 1.82) is 0 Å². The number of likely N-dealkylation sites (N-methyl/N-ethyl adjacent to an activating group) is 1. The molecule has 0 aliphatic carbocycles. The van der Waals surface area contributed by atoms with Crippen LogP contribution in [0.1, 0.15) is 22.0 Å². The summed E-state index contributed by atoms with van der Waals surface area (Å²) in [6.07, 6.45) is 0. The second kappa shape index (κ2) is 6.88. The summed E-state index contributed by atoms with van der Waals surface area (Å²) >= 11 is 0. The third-order valence-electron chi connectivity index (χ3n) is 6.62. The lowest BCUT2D eigenvalue weighted by Crippen LogP contribution is -2.36. The Morgan fingerprint density at radius 1 is 1.03 bits per heavy atom. The normalized spacial score (nSPS) is 26.3. The predicted molar refractivity (Wildman–Crippen MR) is 110 cm³/mol. The molecule has 2 aromatic carbocycles. The van der Waals surface area contributed by atoms with Crippen LogP contribution in [0.2, 0.25) is 0 Å². The number of rotatable bonds is 2. The summed E-state index contributed by atoms with van der Waals surface area (Å²) in [5, 5.41) is 0. The van der Waals surface area contributed by atoms with Crippen LogP contribution in [-0.2, 0) is 4.79 Å². The molecule has 0 unspecified atom stereocenters. The van der Waals surface area contributed by atoms with Crippen LogP contribution < -0.4 is 9.64 Å². The Kier molecular flexibility index (Phi) is 4.32. The van der Waals surface area contributed by atoms with Crippen molar-refractivity contribution in [2.45, 2.75) is 6.04 Å². The van der Waals surface area contributed by atoms with Crippen LogP contribution in [-0.4, -0.2) is 62.0 Å². The van der Waals surface area contributed by atoms with Gasteiger partial charge in [-0.3, -0.25) is 14.5 Å². The van der Waals surface area contributed by atoms with Crippen molar-refractivity contribution in [2.75, 3.05) is 45.2 Å². The average molecular weight is 391 g/mol. The standard InChI is InChI=1S/C23H25N3O3/c1-24-11-17-12-26(13-18(17)22(24)15-6-4-3-5-7-15)23(28)16-8-9-20-19(10-16)25(2)21(27)14-29-20/h3-10,17-18,22H,11-14H2,1-2H3/t17-,18+,22-/m0/s1. The minimum absolute atomic E-state index is 0.0306. The highest BCUT2D eigenvalue weighted by Gasteiger charge is 2.47. The Labute approximate surface area is 170 Å². The van der Waals surface area contributed by atoms with E-state index in [9.17, 15) is 9.59 Å². The van der Waals surface area contributed by atoms with Crippen LogP contribution in [0.25, 0.3) is 0 Å². The first-order chi connectivity index (χ1) is 14.0. The molecule has 3 aliphatic rings. The number of carbonyl (C=O) groups excluding carboxylic acids is 2. The SMILES string of the molecule is CN1C(=O)COc2ccc(C(=O)N3C[C@@H]4CN(C)[C@@H](c5ccccc5)[C@@H]4C3)cc21. The first-order valence-electron chi connectivity index (χ1n) is 10.1. The zero-order valence-corrected chi connectivity index (χ0v) is 16.7. The quantitative estimate of drug-likeness (QED) is 0.789. The van der Waals surface area contributed by atoms with Gasteiger partial charge in [0.15, 0.2) is 6.61 Å². The molecular formula is C23H25N3O3. The Morgan fingerprint density at radius 3 is 2.62 bits per heavy atom. The minimum Gasteiger partial charge on any atom is -0.482 e. The summed E-state index contributed by atoms with van der Waals surface area (Å²) in [6.45, 7) is 2.58. The number of hydrogen-bond donors (Lipinski definition) is 0. The molecule has 3 atom stereocenters. The van der Waals surface area contributed by atoms with Gasteiger partial charge in [-0.15, -0.1) is 0 Å². The van der Waals surface area contributed by atoms with Crippen molar-refractivity contribution in [2.24, 2.45) is 11.8 Å². The van der Waals surface area contributed by atoms with E-state index in [4.69, 9.17) is 4.74 Å². The van der Waals surface area contributed by atoms with Gasteiger partial charge in [0.25, 0.3) is 11.8 Å². The molecule has 0 aromatic heterocycles. The zero-order chi connectivity index (χ0) is 20.1. The van der Waals surface area contributed by atoms with Crippen molar-refractivity contribution < 1.29 is 14.3 Å². The predicted octanol–water partition coefficient (Wildman–Crippen LogP) is 2.42.